The minimum atomic E-state index is 0.228. The first-order valence-electron chi connectivity index (χ1n) is 6.14. The van der Waals surface area contributed by atoms with E-state index in [0.29, 0.717) is 0 Å². The Morgan fingerprint density at radius 3 is 2.75 bits per heavy atom. The molecule has 1 aromatic heterocycles. The van der Waals surface area contributed by atoms with Crippen LogP contribution in [0.25, 0.3) is 0 Å². The van der Waals surface area contributed by atoms with Gasteiger partial charge in [0.25, 0.3) is 0 Å². The molecule has 4 heteroatoms. The number of nitrogens with zero attached hydrogens (tertiary/aromatic N) is 3. The molecule has 0 fully saturated rings. The Hall–Kier alpha value is -0.870. The molecule has 1 N–H and O–H groups in total. The number of hydrogen-bond acceptors (Lipinski definition) is 3. The highest BCUT2D eigenvalue weighted by atomic mass is 16.3. The summed E-state index contributed by atoms with van der Waals surface area (Å²) in [6.45, 7) is 8.10. The van der Waals surface area contributed by atoms with Crippen LogP contribution in [-0.2, 0) is 13.1 Å². The highest BCUT2D eigenvalue weighted by molar-refractivity contribution is 5.03. The summed E-state index contributed by atoms with van der Waals surface area (Å²) in [5.74, 6) is 0. The summed E-state index contributed by atoms with van der Waals surface area (Å²) in [5, 5.41) is 13.3. The van der Waals surface area contributed by atoms with Gasteiger partial charge in [-0.3, -0.25) is 9.58 Å². The molecule has 0 aliphatic carbocycles. The quantitative estimate of drug-likeness (QED) is 0.729. The van der Waals surface area contributed by atoms with E-state index in [2.05, 4.69) is 30.0 Å². The van der Waals surface area contributed by atoms with E-state index in [1.165, 1.54) is 18.4 Å². The Balaban J connectivity index is 2.46. The number of unbranched alkanes of at least 4 members (excludes halogenated alkanes) is 1. The molecule has 0 saturated carbocycles. The monoisotopic (exact) mass is 225 g/mol. The van der Waals surface area contributed by atoms with Crippen molar-refractivity contribution in [3.05, 3.63) is 18.0 Å². The molecule has 0 aromatic carbocycles. The molecule has 0 atom stereocenters. The SMILES string of the molecule is CCCCN(CCO)Cc1cnn(CC)c1. The Bertz CT molecular complexity index is 286. The van der Waals surface area contributed by atoms with Gasteiger partial charge in [-0.25, -0.2) is 0 Å². The van der Waals surface area contributed by atoms with E-state index in [-0.39, 0.29) is 6.61 Å². The van der Waals surface area contributed by atoms with Crippen LogP contribution >= 0.6 is 0 Å². The van der Waals surface area contributed by atoms with Crippen molar-refractivity contribution in [3.8, 4) is 0 Å². The first kappa shape index (κ1) is 13.2. The second-order valence-corrected chi connectivity index (χ2v) is 4.06. The van der Waals surface area contributed by atoms with E-state index < -0.39 is 0 Å². The Morgan fingerprint density at radius 2 is 2.19 bits per heavy atom. The van der Waals surface area contributed by atoms with E-state index in [9.17, 15) is 0 Å². The number of aliphatic hydroxyl groups is 1. The number of hydrogen-bond donors (Lipinski definition) is 1. The van der Waals surface area contributed by atoms with E-state index >= 15 is 0 Å². The van der Waals surface area contributed by atoms with Crippen LogP contribution in [0.15, 0.2) is 12.4 Å². The van der Waals surface area contributed by atoms with Gasteiger partial charge < -0.3 is 5.11 Å². The van der Waals surface area contributed by atoms with Gasteiger partial charge in [-0.05, 0) is 19.9 Å². The zero-order chi connectivity index (χ0) is 11.8. The number of aromatic nitrogens is 2. The molecule has 16 heavy (non-hydrogen) atoms. The number of rotatable bonds is 8. The highest BCUT2D eigenvalue weighted by Crippen LogP contribution is 2.05. The third-order valence-corrected chi connectivity index (χ3v) is 2.66. The molecule has 1 heterocycles. The van der Waals surface area contributed by atoms with Crippen molar-refractivity contribution in [2.75, 3.05) is 19.7 Å². The summed E-state index contributed by atoms with van der Waals surface area (Å²) in [7, 11) is 0. The van der Waals surface area contributed by atoms with Crippen LogP contribution in [0, 0.1) is 0 Å². The van der Waals surface area contributed by atoms with Crippen LogP contribution in [0.1, 0.15) is 32.3 Å². The second-order valence-electron chi connectivity index (χ2n) is 4.06. The van der Waals surface area contributed by atoms with Crippen LogP contribution in [0.2, 0.25) is 0 Å². The van der Waals surface area contributed by atoms with Crippen molar-refractivity contribution in [2.24, 2.45) is 0 Å². The number of aliphatic hydroxyl groups excluding tert-OH is 1. The maximum absolute atomic E-state index is 9.00. The lowest BCUT2D eigenvalue weighted by atomic mass is 10.2. The topological polar surface area (TPSA) is 41.3 Å². The van der Waals surface area contributed by atoms with Crippen molar-refractivity contribution < 1.29 is 5.11 Å². The molecule has 0 amide bonds. The minimum Gasteiger partial charge on any atom is -0.395 e. The fourth-order valence-electron chi connectivity index (χ4n) is 1.71. The highest BCUT2D eigenvalue weighted by Gasteiger charge is 2.06. The average molecular weight is 225 g/mol. The van der Waals surface area contributed by atoms with E-state index in [1.807, 2.05) is 10.9 Å². The van der Waals surface area contributed by atoms with E-state index in [4.69, 9.17) is 5.11 Å². The van der Waals surface area contributed by atoms with Crippen molar-refractivity contribution in [1.29, 1.82) is 0 Å². The molecular weight excluding hydrogens is 202 g/mol. The van der Waals surface area contributed by atoms with E-state index in [0.717, 1.165) is 26.2 Å². The molecule has 4 nitrogen and oxygen atoms in total. The fourth-order valence-corrected chi connectivity index (χ4v) is 1.71. The molecule has 1 rings (SSSR count). The zero-order valence-corrected chi connectivity index (χ0v) is 10.4. The van der Waals surface area contributed by atoms with Crippen LogP contribution in [-0.4, -0.2) is 39.5 Å². The lowest BCUT2D eigenvalue weighted by Gasteiger charge is -2.19. The van der Waals surface area contributed by atoms with Crippen LogP contribution in [0.3, 0.4) is 0 Å². The predicted molar refractivity (Wildman–Crippen MR) is 65.2 cm³/mol. The molecule has 0 aliphatic heterocycles. The van der Waals surface area contributed by atoms with Crippen LogP contribution < -0.4 is 0 Å². The molecule has 0 aliphatic rings. The smallest absolute Gasteiger partial charge is 0.0558 e. The summed E-state index contributed by atoms with van der Waals surface area (Å²) >= 11 is 0. The molecule has 0 bridgehead atoms. The summed E-state index contributed by atoms with van der Waals surface area (Å²) < 4.78 is 1.94. The van der Waals surface area contributed by atoms with Gasteiger partial charge in [0.05, 0.1) is 12.8 Å². The average Bonchev–Trinajstić information content (AvgIpc) is 2.74. The van der Waals surface area contributed by atoms with Crippen LogP contribution in [0.5, 0.6) is 0 Å². The molecular formula is C12H23N3O. The van der Waals surface area contributed by atoms with Gasteiger partial charge in [0.15, 0.2) is 0 Å². The lowest BCUT2D eigenvalue weighted by molar-refractivity contribution is 0.188. The van der Waals surface area contributed by atoms with E-state index in [1.54, 1.807) is 0 Å². The van der Waals surface area contributed by atoms with Crippen molar-refractivity contribution in [2.45, 2.75) is 39.8 Å². The summed E-state index contributed by atoms with van der Waals surface area (Å²) in [6, 6.07) is 0. The van der Waals surface area contributed by atoms with Gasteiger partial charge in [0.2, 0.25) is 0 Å². The molecule has 0 radical (unpaired) electrons. The summed E-state index contributed by atoms with van der Waals surface area (Å²) in [4.78, 5) is 2.28. The van der Waals surface area contributed by atoms with Gasteiger partial charge >= 0.3 is 0 Å². The molecule has 0 saturated heterocycles. The van der Waals surface area contributed by atoms with Crippen molar-refractivity contribution in [1.82, 2.24) is 14.7 Å². The Morgan fingerprint density at radius 1 is 1.38 bits per heavy atom. The molecule has 0 spiro atoms. The largest absolute Gasteiger partial charge is 0.395 e. The normalized spacial score (nSPS) is 11.2. The van der Waals surface area contributed by atoms with Crippen molar-refractivity contribution >= 4 is 0 Å². The summed E-state index contributed by atoms with van der Waals surface area (Å²) in [6.07, 6.45) is 6.37. The maximum atomic E-state index is 9.00. The second kappa shape index (κ2) is 7.41. The summed E-state index contributed by atoms with van der Waals surface area (Å²) in [5.41, 5.74) is 1.23. The van der Waals surface area contributed by atoms with Crippen molar-refractivity contribution in [3.63, 3.8) is 0 Å². The Kier molecular flexibility index (Phi) is 6.11. The fraction of sp³-hybridized carbons (Fsp3) is 0.750. The van der Waals surface area contributed by atoms with Gasteiger partial charge in [-0.1, -0.05) is 13.3 Å². The third-order valence-electron chi connectivity index (χ3n) is 2.66. The van der Waals surface area contributed by atoms with Gasteiger partial charge in [0.1, 0.15) is 0 Å². The minimum absolute atomic E-state index is 0.228. The maximum Gasteiger partial charge on any atom is 0.0558 e. The van der Waals surface area contributed by atoms with Gasteiger partial charge in [-0.15, -0.1) is 0 Å². The first-order chi connectivity index (χ1) is 7.80. The van der Waals surface area contributed by atoms with Crippen LogP contribution in [0.4, 0.5) is 0 Å². The van der Waals surface area contributed by atoms with Gasteiger partial charge in [-0.2, -0.15) is 5.10 Å². The van der Waals surface area contributed by atoms with Gasteiger partial charge in [0, 0.05) is 31.4 Å². The first-order valence-corrected chi connectivity index (χ1v) is 6.14. The predicted octanol–water partition coefficient (Wildman–Crippen LogP) is 1.50. The molecule has 0 unspecified atom stereocenters. The molecule has 1 aromatic rings. The standard InChI is InChI=1S/C12H23N3O/c1-3-5-6-14(7-8-16)10-12-9-13-15(4-2)11-12/h9,11,16H,3-8,10H2,1-2H3. The molecule has 92 valence electrons. The number of aryl methyl sites for hydroxylation is 1. The third kappa shape index (κ3) is 4.33. The zero-order valence-electron chi connectivity index (χ0n) is 10.4. The lowest BCUT2D eigenvalue weighted by Crippen LogP contribution is -2.27. The Labute approximate surface area is 97.9 Å².